The number of hydrogen-bond acceptors (Lipinski definition) is 3. The predicted molar refractivity (Wildman–Crippen MR) is 90.8 cm³/mol. The van der Waals surface area contributed by atoms with Crippen LogP contribution in [0.4, 0.5) is 5.82 Å². The molecule has 0 radical (unpaired) electrons. The molecule has 0 spiro atoms. The van der Waals surface area contributed by atoms with Gasteiger partial charge >= 0.3 is 0 Å². The summed E-state index contributed by atoms with van der Waals surface area (Å²) in [7, 11) is 2.00. The average Bonchev–Trinajstić information content (AvgIpc) is 2.92. The summed E-state index contributed by atoms with van der Waals surface area (Å²) < 4.78 is 0. The van der Waals surface area contributed by atoms with Gasteiger partial charge in [0, 0.05) is 24.8 Å². The van der Waals surface area contributed by atoms with Gasteiger partial charge in [0.2, 0.25) is 0 Å². The lowest BCUT2D eigenvalue weighted by molar-refractivity contribution is 0.524. The van der Waals surface area contributed by atoms with Crippen LogP contribution in [-0.2, 0) is 6.54 Å². The largest absolute Gasteiger partial charge is 0.354 e. The lowest BCUT2D eigenvalue weighted by Crippen LogP contribution is -2.35. The lowest BCUT2D eigenvalue weighted by atomic mass is 10.1. The van der Waals surface area contributed by atoms with Gasteiger partial charge in [-0.1, -0.05) is 26.7 Å². The first-order valence-corrected chi connectivity index (χ1v) is 8.49. The molecule has 1 fully saturated rings. The van der Waals surface area contributed by atoms with Crippen molar-refractivity contribution in [2.75, 3.05) is 18.5 Å². The summed E-state index contributed by atoms with van der Waals surface area (Å²) >= 11 is 0. The van der Waals surface area contributed by atoms with Crippen LogP contribution in [0, 0.1) is 12.8 Å². The molecule has 3 nitrogen and oxygen atoms in total. The zero-order valence-electron chi connectivity index (χ0n) is 14.2. The van der Waals surface area contributed by atoms with Gasteiger partial charge in [-0.15, -0.1) is 0 Å². The number of rotatable bonds is 7. The molecule has 1 aliphatic rings. The Morgan fingerprint density at radius 3 is 2.62 bits per heavy atom. The number of anilines is 1. The van der Waals surface area contributed by atoms with Crippen LogP contribution in [0.2, 0.25) is 0 Å². The van der Waals surface area contributed by atoms with Crippen LogP contribution in [0.3, 0.4) is 0 Å². The van der Waals surface area contributed by atoms with Gasteiger partial charge in [-0.25, -0.2) is 4.98 Å². The van der Waals surface area contributed by atoms with E-state index >= 15 is 0 Å². The predicted octanol–water partition coefficient (Wildman–Crippen LogP) is 3.90. The van der Waals surface area contributed by atoms with Crippen molar-refractivity contribution in [3.63, 3.8) is 0 Å². The van der Waals surface area contributed by atoms with Crippen LogP contribution >= 0.6 is 0 Å². The Morgan fingerprint density at radius 2 is 2.00 bits per heavy atom. The highest BCUT2D eigenvalue weighted by Gasteiger charge is 2.24. The van der Waals surface area contributed by atoms with Gasteiger partial charge in [-0.3, -0.25) is 0 Å². The van der Waals surface area contributed by atoms with Crippen LogP contribution in [-0.4, -0.2) is 24.6 Å². The van der Waals surface area contributed by atoms with Crippen LogP contribution in [0.5, 0.6) is 0 Å². The van der Waals surface area contributed by atoms with E-state index < -0.39 is 0 Å². The fourth-order valence-corrected chi connectivity index (χ4v) is 3.27. The minimum atomic E-state index is 0.695. The Kier molecular flexibility index (Phi) is 6.04. The highest BCUT2D eigenvalue weighted by Crippen LogP contribution is 2.28. The zero-order valence-corrected chi connectivity index (χ0v) is 14.2. The molecule has 0 saturated heterocycles. The van der Waals surface area contributed by atoms with E-state index in [1.54, 1.807) is 0 Å². The minimum Gasteiger partial charge on any atom is -0.354 e. The molecule has 0 unspecified atom stereocenters. The van der Waals surface area contributed by atoms with Crippen molar-refractivity contribution in [1.82, 2.24) is 10.3 Å². The van der Waals surface area contributed by atoms with Crippen molar-refractivity contribution < 1.29 is 0 Å². The number of hydrogen-bond donors (Lipinski definition) is 1. The summed E-state index contributed by atoms with van der Waals surface area (Å²) in [5, 5.41) is 3.25. The third-order valence-electron chi connectivity index (χ3n) is 4.39. The van der Waals surface area contributed by atoms with E-state index in [-0.39, 0.29) is 0 Å². The normalized spacial score (nSPS) is 15.9. The number of nitrogens with zero attached hydrogens (tertiary/aromatic N) is 2. The second-order valence-electron chi connectivity index (χ2n) is 6.82. The van der Waals surface area contributed by atoms with Gasteiger partial charge < -0.3 is 10.2 Å². The smallest absolute Gasteiger partial charge is 0.129 e. The maximum absolute atomic E-state index is 4.84. The third-order valence-corrected chi connectivity index (χ3v) is 4.39. The molecule has 1 saturated carbocycles. The second kappa shape index (κ2) is 7.79. The van der Waals surface area contributed by atoms with E-state index in [0.717, 1.165) is 24.7 Å². The maximum Gasteiger partial charge on any atom is 0.129 e. The molecule has 1 aromatic rings. The molecular formula is C18H31N3. The molecule has 1 aliphatic carbocycles. The number of aromatic nitrogens is 1. The van der Waals surface area contributed by atoms with Crippen molar-refractivity contribution in [3.8, 4) is 0 Å². The molecule has 3 heteroatoms. The molecule has 1 aromatic heterocycles. The summed E-state index contributed by atoms with van der Waals surface area (Å²) in [5.41, 5.74) is 2.47. The molecule has 0 amide bonds. The molecule has 0 bridgehead atoms. The minimum absolute atomic E-state index is 0.695. The average molecular weight is 289 g/mol. The molecule has 1 heterocycles. The third kappa shape index (κ3) is 4.70. The van der Waals surface area contributed by atoms with Gasteiger partial charge in [0.15, 0.2) is 0 Å². The molecule has 2 rings (SSSR count). The maximum atomic E-state index is 4.84. The summed E-state index contributed by atoms with van der Waals surface area (Å²) in [6, 6.07) is 5.16. The Morgan fingerprint density at radius 1 is 1.29 bits per heavy atom. The van der Waals surface area contributed by atoms with Gasteiger partial charge in [0.1, 0.15) is 5.82 Å². The molecule has 0 atom stereocenters. The van der Waals surface area contributed by atoms with E-state index in [9.17, 15) is 0 Å². The first-order valence-electron chi connectivity index (χ1n) is 8.49. The molecule has 0 aliphatic heterocycles. The standard InChI is InChI=1S/C18H31N3/c1-14(2)9-10-21(17-7-5-6-8-17)18-12-16(13-19-4)11-15(3)20-18/h11-12,14,17,19H,5-10,13H2,1-4H3. The quantitative estimate of drug-likeness (QED) is 0.825. The Hall–Kier alpha value is -1.09. The highest BCUT2D eigenvalue weighted by atomic mass is 15.2. The zero-order chi connectivity index (χ0) is 15.2. The number of pyridine rings is 1. The Balaban J connectivity index is 2.21. The SMILES string of the molecule is CNCc1cc(C)nc(N(CCC(C)C)C2CCCC2)c1. The lowest BCUT2D eigenvalue weighted by Gasteiger charge is -2.31. The fourth-order valence-electron chi connectivity index (χ4n) is 3.27. The Labute approximate surface area is 130 Å². The molecule has 21 heavy (non-hydrogen) atoms. The molecular weight excluding hydrogens is 258 g/mol. The molecule has 0 aromatic carbocycles. The van der Waals surface area contributed by atoms with E-state index in [1.807, 2.05) is 7.05 Å². The number of nitrogens with one attached hydrogen (secondary N) is 1. The van der Waals surface area contributed by atoms with E-state index in [2.05, 4.69) is 43.1 Å². The van der Waals surface area contributed by atoms with Gasteiger partial charge in [0.25, 0.3) is 0 Å². The summed E-state index contributed by atoms with van der Waals surface area (Å²) in [4.78, 5) is 7.42. The topological polar surface area (TPSA) is 28.2 Å². The van der Waals surface area contributed by atoms with E-state index in [1.165, 1.54) is 43.5 Å². The first kappa shape index (κ1) is 16.3. The summed E-state index contributed by atoms with van der Waals surface area (Å²) in [6.07, 6.45) is 6.65. The van der Waals surface area contributed by atoms with Gasteiger partial charge in [-0.05, 0) is 56.8 Å². The van der Waals surface area contributed by atoms with Crippen LogP contribution < -0.4 is 10.2 Å². The van der Waals surface area contributed by atoms with Gasteiger partial charge in [0.05, 0.1) is 0 Å². The molecule has 118 valence electrons. The fraction of sp³-hybridized carbons (Fsp3) is 0.722. The van der Waals surface area contributed by atoms with Crippen molar-refractivity contribution in [3.05, 3.63) is 23.4 Å². The molecule has 1 N–H and O–H groups in total. The highest BCUT2D eigenvalue weighted by molar-refractivity contribution is 5.44. The second-order valence-corrected chi connectivity index (χ2v) is 6.82. The van der Waals surface area contributed by atoms with Crippen molar-refractivity contribution in [2.45, 2.75) is 65.5 Å². The van der Waals surface area contributed by atoms with Crippen molar-refractivity contribution in [1.29, 1.82) is 0 Å². The Bertz CT molecular complexity index is 436. The van der Waals surface area contributed by atoms with Crippen molar-refractivity contribution in [2.24, 2.45) is 5.92 Å². The van der Waals surface area contributed by atoms with Crippen LogP contribution in [0.1, 0.15) is 57.2 Å². The summed E-state index contributed by atoms with van der Waals surface area (Å²) in [5.74, 6) is 1.93. The van der Waals surface area contributed by atoms with E-state index in [4.69, 9.17) is 4.98 Å². The monoisotopic (exact) mass is 289 g/mol. The van der Waals surface area contributed by atoms with Gasteiger partial charge in [-0.2, -0.15) is 0 Å². The van der Waals surface area contributed by atoms with E-state index in [0.29, 0.717) is 6.04 Å². The van der Waals surface area contributed by atoms with Crippen molar-refractivity contribution >= 4 is 5.82 Å². The first-order chi connectivity index (χ1) is 10.1. The van der Waals surface area contributed by atoms with Crippen LogP contribution in [0.25, 0.3) is 0 Å². The van der Waals surface area contributed by atoms with Crippen LogP contribution in [0.15, 0.2) is 12.1 Å². The summed E-state index contributed by atoms with van der Waals surface area (Å²) in [6.45, 7) is 8.78. The number of aryl methyl sites for hydroxylation is 1.